The van der Waals surface area contributed by atoms with Crippen molar-refractivity contribution in [2.24, 2.45) is 0 Å². The normalized spacial score (nSPS) is 10.9. The summed E-state index contributed by atoms with van der Waals surface area (Å²) >= 11 is 0. The van der Waals surface area contributed by atoms with Gasteiger partial charge >= 0.3 is 0 Å². The molecule has 0 unspecified atom stereocenters. The van der Waals surface area contributed by atoms with Crippen molar-refractivity contribution in [1.82, 2.24) is 15.0 Å². The third kappa shape index (κ3) is 3.74. The molecule has 17 heavy (non-hydrogen) atoms. The standard InChI is InChI=1S/C9H15F2N5O/c1-3-16(4-5-17-2)9-14-7(6(10)11)13-8(12)15-9/h6H,3-5H2,1-2H3,(H2,12,13,14,15). The summed E-state index contributed by atoms with van der Waals surface area (Å²) in [6.07, 6.45) is -2.76. The number of hydrogen-bond acceptors (Lipinski definition) is 6. The zero-order valence-electron chi connectivity index (χ0n) is 9.73. The molecule has 8 heteroatoms. The van der Waals surface area contributed by atoms with E-state index in [-0.39, 0.29) is 11.9 Å². The number of anilines is 2. The Morgan fingerprint density at radius 3 is 2.59 bits per heavy atom. The van der Waals surface area contributed by atoms with Crippen LogP contribution in [0.4, 0.5) is 20.7 Å². The fourth-order valence-electron chi connectivity index (χ4n) is 1.24. The van der Waals surface area contributed by atoms with E-state index in [2.05, 4.69) is 15.0 Å². The smallest absolute Gasteiger partial charge is 0.297 e. The van der Waals surface area contributed by atoms with Crippen molar-refractivity contribution < 1.29 is 13.5 Å². The van der Waals surface area contributed by atoms with E-state index in [1.165, 1.54) is 0 Å². The van der Waals surface area contributed by atoms with Gasteiger partial charge in [-0.25, -0.2) is 8.78 Å². The van der Waals surface area contributed by atoms with E-state index in [1.807, 2.05) is 6.92 Å². The first-order valence-electron chi connectivity index (χ1n) is 5.12. The lowest BCUT2D eigenvalue weighted by molar-refractivity contribution is 0.140. The van der Waals surface area contributed by atoms with Crippen LogP contribution < -0.4 is 10.6 Å². The summed E-state index contributed by atoms with van der Waals surface area (Å²) in [4.78, 5) is 12.6. The number of nitrogen functional groups attached to an aromatic ring is 1. The zero-order chi connectivity index (χ0) is 12.8. The zero-order valence-corrected chi connectivity index (χ0v) is 9.73. The van der Waals surface area contributed by atoms with Gasteiger partial charge in [-0.15, -0.1) is 0 Å². The summed E-state index contributed by atoms with van der Waals surface area (Å²) in [5.74, 6) is -0.670. The van der Waals surface area contributed by atoms with Gasteiger partial charge in [0.05, 0.1) is 6.61 Å². The van der Waals surface area contributed by atoms with Crippen LogP contribution in [-0.2, 0) is 4.74 Å². The van der Waals surface area contributed by atoms with Gasteiger partial charge in [0.25, 0.3) is 6.43 Å². The Kier molecular flexibility index (Phi) is 4.95. The van der Waals surface area contributed by atoms with E-state index in [0.717, 1.165) is 0 Å². The molecule has 1 rings (SSSR count). The first kappa shape index (κ1) is 13.5. The van der Waals surface area contributed by atoms with Crippen LogP contribution >= 0.6 is 0 Å². The molecule has 6 nitrogen and oxygen atoms in total. The number of likely N-dealkylation sites (N-methyl/N-ethyl adjacent to an activating group) is 1. The molecule has 0 spiro atoms. The van der Waals surface area contributed by atoms with Gasteiger partial charge in [0.2, 0.25) is 17.7 Å². The molecule has 0 aromatic carbocycles. The average molecular weight is 247 g/mol. The van der Waals surface area contributed by atoms with Crippen molar-refractivity contribution in [2.75, 3.05) is 37.4 Å². The molecule has 0 aliphatic heterocycles. The second-order valence-corrected chi connectivity index (χ2v) is 3.22. The van der Waals surface area contributed by atoms with Crippen LogP contribution in [0.15, 0.2) is 0 Å². The van der Waals surface area contributed by atoms with E-state index in [9.17, 15) is 8.78 Å². The molecule has 0 bridgehead atoms. The molecule has 0 saturated carbocycles. The summed E-state index contributed by atoms with van der Waals surface area (Å²) in [6, 6.07) is 0. The Morgan fingerprint density at radius 2 is 2.06 bits per heavy atom. The van der Waals surface area contributed by atoms with E-state index in [4.69, 9.17) is 10.5 Å². The molecule has 0 saturated heterocycles. The van der Waals surface area contributed by atoms with E-state index in [1.54, 1.807) is 12.0 Å². The highest BCUT2D eigenvalue weighted by Gasteiger charge is 2.16. The van der Waals surface area contributed by atoms with Crippen LogP contribution in [0, 0.1) is 0 Å². The fraction of sp³-hybridized carbons (Fsp3) is 0.667. The summed E-state index contributed by atoms with van der Waals surface area (Å²) in [7, 11) is 1.56. The first-order chi connectivity index (χ1) is 8.08. The van der Waals surface area contributed by atoms with Gasteiger partial charge in [0.1, 0.15) is 0 Å². The van der Waals surface area contributed by atoms with E-state index >= 15 is 0 Å². The van der Waals surface area contributed by atoms with Gasteiger partial charge in [-0.3, -0.25) is 0 Å². The number of alkyl halides is 2. The Bertz CT molecular complexity index is 363. The second kappa shape index (κ2) is 6.24. The molecule has 0 aliphatic carbocycles. The maximum Gasteiger partial charge on any atom is 0.297 e. The largest absolute Gasteiger partial charge is 0.383 e. The Morgan fingerprint density at radius 1 is 1.35 bits per heavy atom. The second-order valence-electron chi connectivity index (χ2n) is 3.22. The predicted molar refractivity (Wildman–Crippen MR) is 59.0 cm³/mol. The summed E-state index contributed by atoms with van der Waals surface area (Å²) in [5.41, 5.74) is 5.36. The minimum atomic E-state index is -2.76. The van der Waals surface area contributed by atoms with Crippen molar-refractivity contribution in [3.05, 3.63) is 5.82 Å². The summed E-state index contributed by atoms with van der Waals surface area (Å²) < 4.78 is 29.9. The number of ether oxygens (including phenoxy) is 1. The number of nitrogens with two attached hydrogens (primary N) is 1. The predicted octanol–water partition coefficient (Wildman–Crippen LogP) is 0.864. The van der Waals surface area contributed by atoms with Crippen molar-refractivity contribution in [3.8, 4) is 0 Å². The van der Waals surface area contributed by atoms with E-state index in [0.29, 0.717) is 19.7 Å². The van der Waals surface area contributed by atoms with Crippen molar-refractivity contribution in [1.29, 1.82) is 0 Å². The maximum atomic E-state index is 12.5. The van der Waals surface area contributed by atoms with Crippen molar-refractivity contribution >= 4 is 11.9 Å². The highest BCUT2D eigenvalue weighted by Crippen LogP contribution is 2.17. The van der Waals surface area contributed by atoms with Gasteiger partial charge in [-0.2, -0.15) is 15.0 Å². The number of halogens is 2. The molecule has 0 aliphatic rings. The van der Waals surface area contributed by atoms with Crippen LogP contribution in [-0.4, -0.2) is 41.8 Å². The number of methoxy groups -OCH3 is 1. The minimum Gasteiger partial charge on any atom is -0.383 e. The first-order valence-corrected chi connectivity index (χ1v) is 5.12. The monoisotopic (exact) mass is 247 g/mol. The van der Waals surface area contributed by atoms with E-state index < -0.39 is 12.2 Å². The SMILES string of the molecule is CCN(CCOC)c1nc(N)nc(C(F)F)n1. The number of rotatable bonds is 6. The van der Waals surface area contributed by atoms with Crippen LogP contribution in [0.3, 0.4) is 0 Å². The molecule has 2 N–H and O–H groups in total. The van der Waals surface area contributed by atoms with Gasteiger partial charge in [-0.05, 0) is 6.92 Å². The summed E-state index contributed by atoms with van der Waals surface area (Å²) in [6.45, 7) is 3.37. The quantitative estimate of drug-likeness (QED) is 0.803. The molecule has 1 aromatic heterocycles. The lowest BCUT2D eigenvalue weighted by Crippen LogP contribution is -2.29. The van der Waals surface area contributed by atoms with Gasteiger partial charge in [-0.1, -0.05) is 0 Å². The number of nitrogens with zero attached hydrogens (tertiary/aromatic N) is 4. The summed E-state index contributed by atoms with van der Waals surface area (Å²) in [5, 5.41) is 0. The number of hydrogen-bond donors (Lipinski definition) is 1. The molecule has 96 valence electrons. The van der Waals surface area contributed by atoms with Gasteiger partial charge in [0, 0.05) is 20.2 Å². The molecular formula is C9H15F2N5O. The molecule has 0 radical (unpaired) electrons. The third-order valence-corrected chi connectivity index (χ3v) is 2.08. The average Bonchev–Trinajstić information content (AvgIpc) is 2.29. The lowest BCUT2D eigenvalue weighted by atomic mass is 10.5. The van der Waals surface area contributed by atoms with Crippen molar-refractivity contribution in [2.45, 2.75) is 13.3 Å². The Labute approximate surface area is 97.8 Å². The Hall–Kier alpha value is -1.57. The molecule has 0 fully saturated rings. The maximum absolute atomic E-state index is 12.5. The van der Waals surface area contributed by atoms with Crippen LogP contribution in [0.2, 0.25) is 0 Å². The van der Waals surface area contributed by atoms with Gasteiger partial charge < -0.3 is 15.4 Å². The van der Waals surface area contributed by atoms with Crippen LogP contribution in [0.25, 0.3) is 0 Å². The van der Waals surface area contributed by atoms with Gasteiger partial charge in [0.15, 0.2) is 0 Å². The molecule has 0 amide bonds. The topological polar surface area (TPSA) is 77.2 Å². The third-order valence-electron chi connectivity index (χ3n) is 2.08. The highest BCUT2D eigenvalue weighted by atomic mass is 19.3. The molecule has 1 heterocycles. The number of aromatic nitrogens is 3. The van der Waals surface area contributed by atoms with Crippen LogP contribution in [0.1, 0.15) is 19.2 Å². The lowest BCUT2D eigenvalue weighted by Gasteiger charge is -2.20. The molecular weight excluding hydrogens is 232 g/mol. The van der Waals surface area contributed by atoms with Crippen molar-refractivity contribution in [3.63, 3.8) is 0 Å². The highest BCUT2D eigenvalue weighted by molar-refractivity contribution is 5.34. The Balaban J connectivity index is 2.94. The molecule has 1 aromatic rings. The minimum absolute atomic E-state index is 0.146. The fourth-order valence-corrected chi connectivity index (χ4v) is 1.24. The molecule has 0 atom stereocenters. The van der Waals surface area contributed by atoms with Crippen LogP contribution in [0.5, 0.6) is 0 Å².